The number of aryl methyl sites for hydroxylation is 1. The van der Waals surface area contributed by atoms with E-state index in [0.717, 1.165) is 35.4 Å². The maximum atomic E-state index is 12.4. The molecule has 7 heteroatoms. The molecule has 0 saturated carbocycles. The van der Waals surface area contributed by atoms with E-state index in [1.165, 1.54) is 29.5 Å². The van der Waals surface area contributed by atoms with Crippen molar-refractivity contribution in [2.45, 2.75) is 26.2 Å². The highest BCUT2D eigenvalue weighted by Crippen LogP contribution is 2.33. The van der Waals surface area contributed by atoms with Crippen LogP contribution >= 0.6 is 11.3 Å². The Labute approximate surface area is 160 Å². The second-order valence-corrected chi connectivity index (χ2v) is 7.18. The summed E-state index contributed by atoms with van der Waals surface area (Å²) in [5.41, 5.74) is 1.89. The number of carbonyl (C=O) groups is 1. The van der Waals surface area contributed by atoms with E-state index < -0.39 is 5.91 Å². The summed E-state index contributed by atoms with van der Waals surface area (Å²) in [6.07, 6.45) is 2.90. The van der Waals surface area contributed by atoms with Gasteiger partial charge < -0.3 is 15.3 Å². The van der Waals surface area contributed by atoms with Gasteiger partial charge in [0.1, 0.15) is 5.75 Å². The smallest absolute Gasteiger partial charge is 0.257 e. The fraction of sp³-hybridized carbons (Fsp3) is 0.200. The molecule has 0 aliphatic heterocycles. The van der Waals surface area contributed by atoms with E-state index in [2.05, 4.69) is 17.2 Å². The normalized spacial score (nSPS) is 10.7. The number of thiazole rings is 1. The van der Waals surface area contributed by atoms with Crippen molar-refractivity contribution in [2.75, 3.05) is 5.32 Å². The highest BCUT2D eigenvalue weighted by atomic mass is 32.1. The molecule has 0 spiro atoms. The average Bonchev–Trinajstić information content (AvgIpc) is 3.05. The summed E-state index contributed by atoms with van der Waals surface area (Å²) in [6, 6.07) is 10.7. The van der Waals surface area contributed by atoms with Crippen molar-refractivity contribution in [2.24, 2.45) is 0 Å². The van der Waals surface area contributed by atoms with E-state index in [9.17, 15) is 20.1 Å². The second-order valence-electron chi connectivity index (χ2n) is 6.10. The summed E-state index contributed by atoms with van der Waals surface area (Å²) < 4.78 is 0. The third kappa shape index (κ3) is 4.38. The zero-order valence-electron chi connectivity index (χ0n) is 14.8. The zero-order valence-corrected chi connectivity index (χ0v) is 15.6. The number of rotatable bonds is 6. The summed E-state index contributed by atoms with van der Waals surface area (Å²) in [5, 5.41) is 31.6. The van der Waals surface area contributed by atoms with Gasteiger partial charge in [0.25, 0.3) is 5.91 Å². The standard InChI is InChI=1S/C20H20N2O4S/c1-2-3-4-17-18(12-5-8-14(23)9-6-12)21-20(27-17)22-19(26)13-7-10-15(24)16(25)11-13/h5-11,23-25H,2-4H2,1H3,(H,21,22,26). The first-order valence-electron chi connectivity index (χ1n) is 8.60. The van der Waals surface area contributed by atoms with E-state index in [-0.39, 0.29) is 22.8 Å². The number of phenols is 3. The lowest BCUT2D eigenvalue weighted by molar-refractivity contribution is 0.102. The van der Waals surface area contributed by atoms with Gasteiger partial charge in [0.05, 0.1) is 5.69 Å². The van der Waals surface area contributed by atoms with Crippen LogP contribution in [0.25, 0.3) is 11.3 Å². The number of hydrogen-bond donors (Lipinski definition) is 4. The molecule has 3 aromatic rings. The fourth-order valence-corrected chi connectivity index (χ4v) is 3.61. The van der Waals surface area contributed by atoms with Crippen LogP contribution in [-0.4, -0.2) is 26.2 Å². The van der Waals surface area contributed by atoms with Crippen molar-refractivity contribution < 1.29 is 20.1 Å². The average molecular weight is 384 g/mol. The van der Waals surface area contributed by atoms with Crippen molar-refractivity contribution >= 4 is 22.4 Å². The molecule has 1 aromatic heterocycles. The van der Waals surface area contributed by atoms with Crippen molar-refractivity contribution in [3.8, 4) is 28.5 Å². The number of aromatic nitrogens is 1. The molecule has 0 saturated heterocycles. The maximum absolute atomic E-state index is 12.4. The number of phenolic OH excluding ortho intramolecular Hbond substituents is 3. The van der Waals surface area contributed by atoms with Crippen LogP contribution in [0, 0.1) is 0 Å². The number of aromatic hydroxyl groups is 3. The number of unbranched alkanes of at least 4 members (excludes halogenated alkanes) is 1. The van der Waals surface area contributed by atoms with Crippen LogP contribution in [0.5, 0.6) is 17.2 Å². The summed E-state index contributed by atoms with van der Waals surface area (Å²) in [4.78, 5) is 18.0. The minimum Gasteiger partial charge on any atom is -0.508 e. The van der Waals surface area contributed by atoms with Crippen LogP contribution in [0.1, 0.15) is 35.0 Å². The van der Waals surface area contributed by atoms with Gasteiger partial charge in [-0.2, -0.15) is 0 Å². The highest BCUT2D eigenvalue weighted by Gasteiger charge is 2.16. The van der Waals surface area contributed by atoms with Crippen LogP contribution in [0.15, 0.2) is 42.5 Å². The molecule has 0 unspecified atom stereocenters. The molecular weight excluding hydrogens is 364 g/mol. The quantitative estimate of drug-likeness (QED) is 0.468. The van der Waals surface area contributed by atoms with Crippen LogP contribution in [0.3, 0.4) is 0 Å². The van der Waals surface area contributed by atoms with Gasteiger partial charge in [-0.25, -0.2) is 4.98 Å². The lowest BCUT2D eigenvalue weighted by Gasteiger charge is -2.03. The van der Waals surface area contributed by atoms with E-state index >= 15 is 0 Å². The summed E-state index contributed by atoms with van der Waals surface area (Å²) in [6.45, 7) is 2.11. The van der Waals surface area contributed by atoms with Gasteiger partial charge in [0.2, 0.25) is 0 Å². The minimum absolute atomic E-state index is 0.185. The number of nitrogens with zero attached hydrogens (tertiary/aromatic N) is 1. The van der Waals surface area contributed by atoms with E-state index in [1.54, 1.807) is 24.3 Å². The molecule has 0 bridgehead atoms. The monoisotopic (exact) mass is 384 g/mol. The largest absolute Gasteiger partial charge is 0.508 e. The van der Waals surface area contributed by atoms with E-state index in [1.807, 2.05) is 0 Å². The SMILES string of the molecule is CCCCc1sc(NC(=O)c2ccc(O)c(O)c2)nc1-c1ccc(O)cc1. The predicted molar refractivity (Wildman–Crippen MR) is 106 cm³/mol. The molecular formula is C20H20N2O4S. The first-order valence-corrected chi connectivity index (χ1v) is 9.42. The van der Waals surface area contributed by atoms with Crippen LogP contribution in [0.4, 0.5) is 5.13 Å². The Morgan fingerprint density at radius 1 is 1.07 bits per heavy atom. The molecule has 0 atom stereocenters. The predicted octanol–water partition coefficient (Wildman–Crippen LogP) is 4.52. The molecule has 4 N–H and O–H groups in total. The van der Waals surface area contributed by atoms with Crippen molar-refractivity contribution in [1.82, 2.24) is 4.98 Å². The maximum Gasteiger partial charge on any atom is 0.257 e. The van der Waals surface area contributed by atoms with Crippen LogP contribution in [-0.2, 0) is 6.42 Å². The number of carbonyl (C=O) groups excluding carboxylic acids is 1. The van der Waals surface area contributed by atoms with E-state index in [0.29, 0.717) is 5.13 Å². The zero-order chi connectivity index (χ0) is 19.4. The lowest BCUT2D eigenvalue weighted by atomic mass is 10.1. The topological polar surface area (TPSA) is 103 Å². The molecule has 140 valence electrons. The number of benzene rings is 2. The third-order valence-corrected chi connectivity index (χ3v) is 5.08. The molecule has 2 aromatic carbocycles. The molecule has 6 nitrogen and oxygen atoms in total. The summed E-state index contributed by atoms with van der Waals surface area (Å²) in [5.74, 6) is -0.865. The fourth-order valence-electron chi connectivity index (χ4n) is 2.59. The van der Waals surface area contributed by atoms with Gasteiger partial charge in [-0.1, -0.05) is 13.3 Å². The lowest BCUT2D eigenvalue weighted by Crippen LogP contribution is -2.11. The molecule has 1 heterocycles. The van der Waals surface area contributed by atoms with Gasteiger partial charge in [-0.15, -0.1) is 11.3 Å². The molecule has 0 aliphatic carbocycles. The molecule has 1 amide bonds. The van der Waals surface area contributed by atoms with Gasteiger partial charge in [0, 0.05) is 16.0 Å². The molecule has 27 heavy (non-hydrogen) atoms. The minimum atomic E-state index is -0.418. The number of hydrogen-bond acceptors (Lipinski definition) is 6. The Bertz CT molecular complexity index is 951. The Morgan fingerprint density at radius 3 is 2.48 bits per heavy atom. The van der Waals surface area contributed by atoms with Crippen LogP contribution in [0.2, 0.25) is 0 Å². The highest BCUT2D eigenvalue weighted by molar-refractivity contribution is 7.16. The van der Waals surface area contributed by atoms with Gasteiger partial charge in [-0.05, 0) is 55.3 Å². The summed E-state index contributed by atoms with van der Waals surface area (Å²) in [7, 11) is 0. The number of anilines is 1. The summed E-state index contributed by atoms with van der Waals surface area (Å²) >= 11 is 1.41. The molecule has 0 aliphatic rings. The Balaban J connectivity index is 1.87. The van der Waals surface area contributed by atoms with Gasteiger partial charge in [-0.3, -0.25) is 10.1 Å². The van der Waals surface area contributed by atoms with Gasteiger partial charge >= 0.3 is 0 Å². The van der Waals surface area contributed by atoms with Crippen LogP contribution < -0.4 is 5.32 Å². The molecule has 0 radical (unpaired) electrons. The number of amides is 1. The number of nitrogens with one attached hydrogen (secondary N) is 1. The van der Waals surface area contributed by atoms with Gasteiger partial charge in [0.15, 0.2) is 16.6 Å². The molecule has 0 fully saturated rings. The van der Waals surface area contributed by atoms with E-state index in [4.69, 9.17) is 0 Å². The van der Waals surface area contributed by atoms with Crippen molar-refractivity contribution in [1.29, 1.82) is 0 Å². The first kappa shape index (κ1) is 18.7. The van der Waals surface area contributed by atoms with Crippen molar-refractivity contribution in [3.05, 3.63) is 52.9 Å². The first-order chi connectivity index (χ1) is 13.0. The molecule has 3 rings (SSSR count). The second kappa shape index (κ2) is 8.09. The Morgan fingerprint density at radius 2 is 1.81 bits per heavy atom. The van der Waals surface area contributed by atoms with Crippen molar-refractivity contribution in [3.63, 3.8) is 0 Å². The Hall–Kier alpha value is -3.06. The third-order valence-electron chi connectivity index (χ3n) is 4.05. The Kier molecular flexibility index (Phi) is 5.61.